The first-order valence-corrected chi connectivity index (χ1v) is 10.6. The van der Waals surface area contributed by atoms with Crippen molar-refractivity contribution < 1.29 is 14.6 Å². The summed E-state index contributed by atoms with van der Waals surface area (Å²) in [4.78, 5) is 8.06. The summed E-state index contributed by atoms with van der Waals surface area (Å²) in [6.07, 6.45) is 3.00. The van der Waals surface area contributed by atoms with Crippen molar-refractivity contribution in [3.63, 3.8) is 0 Å². The fraction of sp³-hybridized carbons (Fsp3) is 0.375. The normalized spacial score (nSPS) is 11.2. The molecule has 0 aliphatic carbocycles. The number of benzene rings is 2. The molecule has 0 atom stereocenters. The number of aliphatic hydroxyl groups is 1. The maximum atomic E-state index is 8.94. The van der Waals surface area contributed by atoms with Gasteiger partial charge in [0.05, 0.1) is 20.3 Å². The largest absolute Gasteiger partial charge is 0.493 e. The molecule has 0 bridgehead atoms. The van der Waals surface area contributed by atoms with Crippen molar-refractivity contribution in [1.82, 2.24) is 15.6 Å². The first-order valence-electron chi connectivity index (χ1n) is 10.6. The van der Waals surface area contributed by atoms with Crippen molar-refractivity contribution in [2.24, 2.45) is 4.99 Å². The van der Waals surface area contributed by atoms with Gasteiger partial charge in [0.15, 0.2) is 17.5 Å². The molecular formula is C24H33IN4O3. The number of guanidine groups is 1. The van der Waals surface area contributed by atoms with Crippen molar-refractivity contribution in [3.05, 3.63) is 59.3 Å². The van der Waals surface area contributed by atoms with Crippen LogP contribution in [0.15, 0.2) is 47.6 Å². The zero-order chi connectivity index (χ0) is 22.1. The Labute approximate surface area is 206 Å². The summed E-state index contributed by atoms with van der Waals surface area (Å²) in [5.41, 5.74) is 4.78. The van der Waals surface area contributed by atoms with Gasteiger partial charge in [-0.2, -0.15) is 0 Å². The fourth-order valence-corrected chi connectivity index (χ4v) is 3.56. The van der Waals surface area contributed by atoms with Gasteiger partial charge in [-0.05, 0) is 55.2 Å². The van der Waals surface area contributed by atoms with Crippen LogP contribution in [0.25, 0.3) is 10.9 Å². The standard InChI is InChI=1S/C24H32N4O3.HI/c1-4-25-24(26-11-10-19-16-27-20-7-5-6-17(2)23(19)20)28-15-18-8-9-21(31-13-12-29)22(14-18)30-3;/h5-9,14,16,27,29H,4,10-13,15H2,1-3H3,(H2,25,26,28);1H. The van der Waals surface area contributed by atoms with E-state index >= 15 is 0 Å². The minimum atomic E-state index is -0.0367. The number of halogens is 1. The van der Waals surface area contributed by atoms with Crippen LogP contribution in [0.1, 0.15) is 23.6 Å². The lowest BCUT2D eigenvalue weighted by Gasteiger charge is -2.13. The molecule has 0 saturated carbocycles. The fourth-order valence-electron chi connectivity index (χ4n) is 3.56. The van der Waals surface area contributed by atoms with Crippen LogP contribution in [0.3, 0.4) is 0 Å². The molecule has 0 aliphatic rings. The molecule has 0 amide bonds. The minimum absolute atomic E-state index is 0. The molecule has 7 nitrogen and oxygen atoms in total. The van der Waals surface area contributed by atoms with Crippen LogP contribution < -0.4 is 20.1 Å². The van der Waals surface area contributed by atoms with E-state index in [1.807, 2.05) is 18.2 Å². The topological polar surface area (TPSA) is 90.9 Å². The maximum absolute atomic E-state index is 8.94. The monoisotopic (exact) mass is 552 g/mol. The Morgan fingerprint density at radius 1 is 1.16 bits per heavy atom. The third-order valence-electron chi connectivity index (χ3n) is 5.02. The van der Waals surface area contributed by atoms with E-state index in [2.05, 4.69) is 53.9 Å². The Balaban J connectivity index is 0.00000363. The molecular weight excluding hydrogens is 519 g/mol. The number of aromatic amines is 1. The molecule has 3 rings (SSSR count). The zero-order valence-electron chi connectivity index (χ0n) is 18.9. The number of methoxy groups -OCH3 is 1. The van der Waals surface area contributed by atoms with Gasteiger partial charge < -0.3 is 30.2 Å². The number of nitrogens with one attached hydrogen (secondary N) is 3. The molecule has 8 heteroatoms. The number of aromatic nitrogens is 1. The number of aliphatic hydroxyl groups excluding tert-OH is 1. The highest BCUT2D eigenvalue weighted by atomic mass is 127. The van der Waals surface area contributed by atoms with E-state index in [4.69, 9.17) is 19.6 Å². The van der Waals surface area contributed by atoms with Crippen LogP contribution >= 0.6 is 24.0 Å². The molecule has 2 aromatic carbocycles. The molecule has 32 heavy (non-hydrogen) atoms. The lowest BCUT2D eigenvalue weighted by Crippen LogP contribution is -2.38. The van der Waals surface area contributed by atoms with Gasteiger partial charge in [-0.15, -0.1) is 24.0 Å². The van der Waals surface area contributed by atoms with Crippen molar-refractivity contribution in [1.29, 1.82) is 0 Å². The highest BCUT2D eigenvalue weighted by Crippen LogP contribution is 2.28. The lowest BCUT2D eigenvalue weighted by molar-refractivity contribution is 0.196. The highest BCUT2D eigenvalue weighted by molar-refractivity contribution is 14.0. The molecule has 0 spiro atoms. The Kier molecular flexibility index (Phi) is 10.6. The number of ether oxygens (including phenoxy) is 2. The van der Waals surface area contributed by atoms with Crippen molar-refractivity contribution in [2.75, 3.05) is 33.4 Å². The van der Waals surface area contributed by atoms with E-state index in [0.29, 0.717) is 18.0 Å². The van der Waals surface area contributed by atoms with Gasteiger partial charge in [0.25, 0.3) is 0 Å². The number of fused-ring (bicyclic) bond motifs is 1. The molecule has 0 fully saturated rings. The molecule has 3 aromatic rings. The molecule has 0 saturated heterocycles. The summed E-state index contributed by atoms with van der Waals surface area (Å²) < 4.78 is 10.9. The van der Waals surface area contributed by atoms with E-state index < -0.39 is 0 Å². The summed E-state index contributed by atoms with van der Waals surface area (Å²) >= 11 is 0. The van der Waals surface area contributed by atoms with Gasteiger partial charge in [0.2, 0.25) is 0 Å². The van der Waals surface area contributed by atoms with Crippen molar-refractivity contribution >= 4 is 40.8 Å². The molecule has 4 N–H and O–H groups in total. The average Bonchev–Trinajstić information content (AvgIpc) is 3.20. The van der Waals surface area contributed by atoms with Crippen molar-refractivity contribution in [3.8, 4) is 11.5 Å². The summed E-state index contributed by atoms with van der Waals surface area (Å²) in [7, 11) is 1.60. The maximum Gasteiger partial charge on any atom is 0.191 e. The van der Waals surface area contributed by atoms with Gasteiger partial charge in [-0.3, -0.25) is 0 Å². The Hall–Kier alpha value is -2.46. The number of hydrogen-bond acceptors (Lipinski definition) is 4. The lowest BCUT2D eigenvalue weighted by atomic mass is 10.1. The number of aliphatic imine (C=N–C) groups is 1. The smallest absolute Gasteiger partial charge is 0.191 e. The molecule has 1 aromatic heterocycles. The number of nitrogens with zero attached hydrogens (tertiary/aromatic N) is 1. The van der Waals surface area contributed by atoms with Crippen LogP contribution in [-0.2, 0) is 13.0 Å². The third-order valence-corrected chi connectivity index (χ3v) is 5.02. The van der Waals surface area contributed by atoms with E-state index in [1.54, 1.807) is 7.11 Å². The van der Waals surface area contributed by atoms with E-state index in [1.165, 1.54) is 22.0 Å². The van der Waals surface area contributed by atoms with Crippen molar-refractivity contribution in [2.45, 2.75) is 26.8 Å². The second-order valence-electron chi connectivity index (χ2n) is 7.24. The van der Waals surface area contributed by atoms with Crippen LogP contribution in [0.4, 0.5) is 0 Å². The van der Waals surface area contributed by atoms with Gasteiger partial charge >= 0.3 is 0 Å². The second kappa shape index (κ2) is 13.2. The summed E-state index contributed by atoms with van der Waals surface area (Å²) in [5, 5.41) is 17.0. The predicted octanol–water partition coefficient (Wildman–Crippen LogP) is 3.77. The van der Waals surface area contributed by atoms with Crippen LogP contribution in [0.2, 0.25) is 0 Å². The zero-order valence-corrected chi connectivity index (χ0v) is 21.2. The SMILES string of the molecule is CCNC(=NCc1ccc(OCCO)c(OC)c1)NCCc1c[nH]c2cccc(C)c12.I. The number of hydrogen-bond donors (Lipinski definition) is 4. The van der Waals surface area contributed by atoms with Gasteiger partial charge in [0.1, 0.15) is 6.61 Å². The number of aryl methyl sites for hydroxylation is 1. The summed E-state index contributed by atoms with van der Waals surface area (Å²) in [6.45, 7) is 6.48. The van der Waals surface area contributed by atoms with Crippen LogP contribution in [-0.4, -0.2) is 49.5 Å². The van der Waals surface area contributed by atoms with Gasteiger partial charge in [-0.1, -0.05) is 18.2 Å². The third kappa shape index (κ3) is 6.77. The highest BCUT2D eigenvalue weighted by Gasteiger charge is 2.08. The number of rotatable bonds is 10. The molecule has 1 heterocycles. The van der Waals surface area contributed by atoms with E-state index in [-0.39, 0.29) is 37.2 Å². The quantitative estimate of drug-likeness (QED) is 0.175. The average molecular weight is 552 g/mol. The second-order valence-corrected chi connectivity index (χ2v) is 7.24. The van der Waals surface area contributed by atoms with Gasteiger partial charge in [-0.25, -0.2) is 4.99 Å². The summed E-state index contributed by atoms with van der Waals surface area (Å²) in [5.74, 6) is 2.02. The molecule has 174 valence electrons. The van der Waals surface area contributed by atoms with E-state index in [9.17, 15) is 0 Å². The minimum Gasteiger partial charge on any atom is -0.493 e. The van der Waals surface area contributed by atoms with Crippen LogP contribution in [0, 0.1) is 6.92 Å². The Bertz CT molecular complexity index is 1020. The van der Waals surface area contributed by atoms with Crippen LogP contribution in [0.5, 0.6) is 11.5 Å². The number of H-pyrrole nitrogens is 1. The Morgan fingerprint density at radius 3 is 2.75 bits per heavy atom. The van der Waals surface area contributed by atoms with E-state index in [0.717, 1.165) is 31.0 Å². The first-order chi connectivity index (χ1) is 15.2. The Morgan fingerprint density at radius 2 is 2.00 bits per heavy atom. The summed E-state index contributed by atoms with van der Waals surface area (Å²) in [6, 6.07) is 12.0. The molecule has 0 aliphatic heterocycles. The van der Waals surface area contributed by atoms with Gasteiger partial charge in [0, 0.05) is 30.2 Å². The molecule has 0 unspecified atom stereocenters. The molecule has 0 radical (unpaired) electrons. The predicted molar refractivity (Wildman–Crippen MR) is 141 cm³/mol. The first kappa shape index (κ1) is 25.8.